The van der Waals surface area contributed by atoms with Gasteiger partial charge in [0.05, 0.1) is 6.10 Å². The molecular formula is C16H22ClNO2. The van der Waals surface area contributed by atoms with E-state index in [9.17, 15) is 5.11 Å². The summed E-state index contributed by atoms with van der Waals surface area (Å²) in [5, 5.41) is 14.8. The van der Waals surface area contributed by atoms with Crippen LogP contribution >= 0.6 is 11.6 Å². The molecule has 0 spiro atoms. The van der Waals surface area contributed by atoms with Gasteiger partial charge in [-0.25, -0.2) is 0 Å². The van der Waals surface area contributed by atoms with Crippen molar-refractivity contribution in [1.82, 2.24) is 5.32 Å². The monoisotopic (exact) mass is 295 g/mol. The van der Waals surface area contributed by atoms with Crippen molar-refractivity contribution in [2.24, 2.45) is 0 Å². The number of ether oxygens (including phenoxy) is 1. The van der Waals surface area contributed by atoms with Gasteiger partial charge in [0, 0.05) is 30.6 Å². The first-order valence-corrected chi connectivity index (χ1v) is 7.78. The molecule has 1 aromatic rings. The Bertz CT molecular complexity index is 475. The summed E-state index contributed by atoms with van der Waals surface area (Å²) in [5.41, 5.74) is 0.554. The van der Waals surface area contributed by atoms with Crippen LogP contribution in [0.25, 0.3) is 0 Å². The predicted octanol–water partition coefficient (Wildman–Crippen LogP) is 2.72. The molecule has 3 rings (SSSR count). The van der Waals surface area contributed by atoms with Gasteiger partial charge in [-0.05, 0) is 37.3 Å². The number of halogens is 1. The van der Waals surface area contributed by atoms with E-state index in [1.54, 1.807) is 0 Å². The molecule has 2 atom stereocenters. The fraction of sp³-hybridized carbons (Fsp3) is 0.625. The first-order valence-electron chi connectivity index (χ1n) is 7.40. The molecule has 1 aliphatic heterocycles. The minimum absolute atomic E-state index is 0.0746. The molecule has 0 amide bonds. The van der Waals surface area contributed by atoms with Gasteiger partial charge in [0.1, 0.15) is 5.60 Å². The third-order valence-corrected chi connectivity index (χ3v) is 5.18. The largest absolute Gasteiger partial charge is 0.386 e. The van der Waals surface area contributed by atoms with Crippen LogP contribution in [0.2, 0.25) is 5.02 Å². The van der Waals surface area contributed by atoms with E-state index < -0.39 is 5.60 Å². The highest BCUT2D eigenvalue weighted by molar-refractivity contribution is 6.31. The summed E-state index contributed by atoms with van der Waals surface area (Å²) in [6.07, 6.45) is 2.83. The number of aliphatic hydroxyl groups is 1. The van der Waals surface area contributed by atoms with Crippen molar-refractivity contribution in [1.29, 1.82) is 0 Å². The van der Waals surface area contributed by atoms with Crippen molar-refractivity contribution in [3.8, 4) is 0 Å². The maximum Gasteiger partial charge on any atom is 0.105 e. The molecule has 1 aliphatic carbocycles. The molecule has 1 saturated carbocycles. The summed E-state index contributed by atoms with van der Waals surface area (Å²) < 4.78 is 5.45. The summed E-state index contributed by atoms with van der Waals surface area (Å²) in [4.78, 5) is 0. The van der Waals surface area contributed by atoms with Gasteiger partial charge in [-0.15, -0.1) is 0 Å². The van der Waals surface area contributed by atoms with Gasteiger partial charge in [-0.1, -0.05) is 29.8 Å². The Kier molecular flexibility index (Phi) is 4.04. The SMILES string of the molecule is CC1OCCC1(O)CNC1CC(c2ccccc2Cl)C1. The van der Waals surface area contributed by atoms with Crippen LogP contribution in [0.3, 0.4) is 0 Å². The van der Waals surface area contributed by atoms with Crippen LogP contribution in [0.15, 0.2) is 24.3 Å². The van der Waals surface area contributed by atoms with Crippen molar-refractivity contribution < 1.29 is 9.84 Å². The number of nitrogens with one attached hydrogen (secondary N) is 1. The molecule has 0 aromatic heterocycles. The van der Waals surface area contributed by atoms with Crippen LogP contribution in [0, 0.1) is 0 Å². The quantitative estimate of drug-likeness (QED) is 0.897. The summed E-state index contributed by atoms with van der Waals surface area (Å²) >= 11 is 6.22. The summed E-state index contributed by atoms with van der Waals surface area (Å²) in [7, 11) is 0. The molecule has 1 aromatic carbocycles. The van der Waals surface area contributed by atoms with E-state index in [0.29, 0.717) is 25.1 Å². The molecule has 20 heavy (non-hydrogen) atoms. The minimum atomic E-state index is -0.699. The van der Waals surface area contributed by atoms with E-state index >= 15 is 0 Å². The highest BCUT2D eigenvalue weighted by atomic mass is 35.5. The standard InChI is InChI=1S/C16H22ClNO2/c1-11-16(19,6-7-20-11)10-18-13-8-12(9-13)14-4-2-3-5-15(14)17/h2-5,11-13,18-19H,6-10H2,1H3. The molecule has 2 aliphatic rings. The van der Waals surface area contributed by atoms with E-state index in [1.807, 2.05) is 25.1 Å². The third-order valence-electron chi connectivity index (χ3n) is 4.84. The van der Waals surface area contributed by atoms with E-state index in [-0.39, 0.29) is 6.10 Å². The molecule has 0 radical (unpaired) electrons. The van der Waals surface area contributed by atoms with Crippen molar-refractivity contribution in [2.45, 2.75) is 49.9 Å². The zero-order valence-electron chi connectivity index (χ0n) is 11.8. The molecule has 3 nitrogen and oxygen atoms in total. The lowest BCUT2D eigenvalue weighted by atomic mass is 9.75. The maximum absolute atomic E-state index is 10.4. The van der Waals surface area contributed by atoms with Crippen molar-refractivity contribution in [3.63, 3.8) is 0 Å². The Balaban J connectivity index is 1.48. The number of benzene rings is 1. The Morgan fingerprint density at radius 3 is 2.80 bits per heavy atom. The van der Waals surface area contributed by atoms with Gasteiger partial charge in [-0.3, -0.25) is 0 Å². The molecule has 1 saturated heterocycles. The van der Waals surface area contributed by atoms with Crippen LogP contribution in [-0.2, 0) is 4.74 Å². The van der Waals surface area contributed by atoms with Crippen molar-refractivity contribution >= 4 is 11.6 Å². The van der Waals surface area contributed by atoms with Crippen LogP contribution in [0.1, 0.15) is 37.7 Å². The lowest BCUT2D eigenvalue weighted by Crippen LogP contribution is -2.51. The van der Waals surface area contributed by atoms with Gasteiger partial charge in [0.15, 0.2) is 0 Å². The first-order chi connectivity index (χ1) is 9.58. The van der Waals surface area contributed by atoms with Crippen LogP contribution < -0.4 is 5.32 Å². The third kappa shape index (κ3) is 2.73. The van der Waals surface area contributed by atoms with Crippen molar-refractivity contribution in [2.75, 3.05) is 13.2 Å². The average molecular weight is 296 g/mol. The Hall–Kier alpha value is -0.610. The number of hydrogen-bond acceptors (Lipinski definition) is 3. The summed E-state index contributed by atoms with van der Waals surface area (Å²) in [6.45, 7) is 3.22. The van der Waals surface area contributed by atoms with Crippen molar-refractivity contribution in [3.05, 3.63) is 34.9 Å². The highest BCUT2D eigenvalue weighted by Crippen LogP contribution is 2.40. The molecule has 110 valence electrons. The van der Waals surface area contributed by atoms with Crippen LogP contribution in [0.4, 0.5) is 0 Å². The smallest absolute Gasteiger partial charge is 0.105 e. The Morgan fingerprint density at radius 1 is 1.40 bits per heavy atom. The van der Waals surface area contributed by atoms with Gasteiger partial charge < -0.3 is 15.2 Å². The normalized spacial score (nSPS) is 36.9. The lowest BCUT2D eigenvalue weighted by Gasteiger charge is -2.39. The highest BCUT2D eigenvalue weighted by Gasteiger charge is 2.41. The lowest BCUT2D eigenvalue weighted by molar-refractivity contribution is -0.0295. The first kappa shape index (κ1) is 14.3. The molecule has 1 heterocycles. The fourth-order valence-corrected chi connectivity index (χ4v) is 3.46. The number of rotatable bonds is 4. The van der Waals surface area contributed by atoms with E-state index in [0.717, 1.165) is 24.3 Å². The molecule has 0 bridgehead atoms. The van der Waals surface area contributed by atoms with Crippen LogP contribution in [0.5, 0.6) is 0 Å². The molecule has 2 unspecified atom stereocenters. The van der Waals surface area contributed by atoms with Crippen LogP contribution in [-0.4, -0.2) is 36.0 Å². The predicted molar refractivity (Wildman–Crippen MR) is 80.2 cm³/mol. The minimum Gasteiger partial charge on any atom is -0.386 e. The second-order valence-corrected chi connectivity index (χ2v) is 6.54. The van der Waals surface area contributed by atoms with Gasteiger partial charge >= 0.3 is 0 Å². The molecule has 2 fully saturated rings. The van der Waals surface area contributed by atoms with Gasteiger partial charge in [0.2, 0.25) is 0 Å². The Morgan fingerprint density at radius 2 is 2.15 bits per heavy atom. The Labute approximate surface area is 125 Å². The zero-order chi connectivity index (χ0) is 14.2. The van der Waals surface area contributed by atoms with Gasteiger partial charge in [0.25, 0.3) is 0 Å². The summed E-state index contributed by atoms with van der Waals surface area (Å²) in [5.74, 6) is 0.549. The fourth-order valence-electron chi connectivity index (χ4n) is 3.17. The molecule has 4 heteroatoms. The zero-order valence-corrected chi connectivity index (χ0v) is 12.6. The second kappa shape index (κ2) is 5.64. The topological polar surface area (TPSA) is 41.5 Å². The van der Waals surface area contributed by atoms with E-state index in [1.165, 1.54) is 5.56 Å². The molecular weight excluding hydrogens is 274 g/mol. The summed E-state index contributed by atoms with van der Waals surface area (Å²) in [6, 6.07) is 8.56. The van der Waals surface area contributed by atoms with E-state index in [2.05, 4.69) is 11.4 Å². The second-order valence-electron chi connectivity index (χ2n) is 6.13. The van der Waals surface area contributed by atoms with Gasteiger partial charge in [-0.2, -0.15) is 0 Å². The number of hydrogen-bond donors (Lipinski definition) is 2. The molecule has 2 N–H and O–H groups in total. The average Bonchev–Trinajstić information content (AvgIpc) is 2.70. The maximum atomic E-state index is 10.4. The van der Waals surface area contributed by atoms with E-state index in [4.69, 9.17) is 16.3 Å².